The quantitative estimate of drug-likeness (QED) is 0.854. The first-order valence-corrected chi connectivity index (χ1v) is 8.23. The molecule has 4 heteroatoms. The van der Waals surface area contributed by atoms with Gasteiger partial charge in [-0.3, -0.25) is 4.79 Å². The van der Waals surface area contributed by atoms with Crippen molar-refractivity contribution in [3.05, 3.63) is 0 Å². The van der Waals surface area contributed by atoms with Gasteiger partial charge in [-0.05, 0) is 49.9 Å². The van der Waals surface area contributed by atoms with Gasteiger partial charge in [-0.15, -0.1) is 0 Å². The number of ether oxygens (including phenoxy) is 1. The smallest absolute Gasteiger partial charge is 0.223 e. The number of methoxy groups -OCH3 is 1. The molecule has 5 atom stereocenters. The van der Waals surface area contributed by atoms with Gasteiger partial charge in [0.1, 0.15) is 0 Å². The number of hydrogen-bond donors (Lipinski definition) is 1. The highest BCUT2D eigenvalue weighted by Crippen LogP contribution is 2.49. The summed E-state index contributed by atoms with van der Waals surface area (Å²) in [6.45, 7) is 1.38. The van der Waals surface area contributed by atoms with Gasteiger partial charge in [-0.2, -0.15) is 0 Å². The van der Waals surface area contributed by atoms with Crippen molar-refractivity contribution >= 4 is 5.91 Å². The molecule has 3 fully saturated rings. The topological polar surface area (TPSA) is 55.6 Å². The molecule has 3 rings (SSSR count). The van der Waals surface area contributed by atoms with Crippen molar-refractivity contribution in [3.63, 3.8) is 0 Å². The maximum Gasteiger partial charge on any atom is 0.223 e. The second-order valence-corrected chi connectivity index (χ2v) is 7.00. The van der Waals surface area contributed by atoms with Gasteiger partial charge in [0.15, 0.2) is 0 Å². The number of fused-ring (bicyclic) bond motifs is 2. The van der Waals surface area contributed by atoms with Crippen molar-refractivity contribution < 1.29 is 9.53 Å². The van der Waals surface area contributed by atoms with Crippen LogP contribution in [-0.4, -0.2) is 43.2 Å². The van der Waals surface area contributed by atoms with Crippen LogP contribution in [0.5, 0.6) is 0 Å². The molecule has 0 spiro atoms. The summed E-state index contributed by atoms with van der Waals surface area (Å²) in [5.41, 5.74) is 5.87. The van der Waals surface area contributed by atoms with Crippen LogP contribution in [0.15, 0.2) is 0 Å². The monoisotopic (exact) mass is 280 g/mol. The molecule has 1 aliphatic heterocycles. The first-order valence-electron chi connectivity index (χ1n) is 8.23. The van der Waals surface area contributed by atoms with Gasteiger partial charge in [0.05, 0.1) is 6.10 Å². The van der Waals surface area contributed by atoms with E-state index in [1.165, 1.54) is 25.7 Å². The maximum atomic E-state index is 12.6. The lowest BCUT2D eigenvalue weighted by molar-refractivity contribution is -0.138. The fourth-order valence-corrected chi connectivity index (χ4v) is 4.75. The molecular weight excluding hydrogens is 252 g/mol. The van der Waals surface area contributed by atoms with Crippen LogP contribution in [0.4, 0.5) is 0 Å². The lowest BCUT2D eigenvalue weighted by Gasteiger charge is -2.39. The zero-order valence-corrected chi connectivity index (χ0v) is 12.6. The van der Waals surface area contributed by atoms with Crippen LogP contribution in [0.1, 0.15) is 44.9 Å². The van der Waals surface area contributed by atoms with E-state index in [4.69, 9.17) is 10.5 Å². The molecule has 114 valence electrons. The molecule has 0 radical (unpaired) electrons. The number of rotatable bonds is 4. The highest BCUT2D eigenvalue weighted by molar-refractivity contribution is 5.77. The number of amides is 1. The van der Waals surface area contributed by atoms with E-state index in [0.29, 0.717) is 18.4 Å². The van der Waals surface area contributed by atoms with Gasteiger partial charge in [-0.1, -0.05) is 6.42 Å². The average Bonchev–Trinajstić information content (AvgIpc) is 3.09. The molecule has 1 heterocycles. The van der Waals surface area contributed by atoms with Gasteiger partial charge in [-0.25, -0.2) is 0 Å². The SMILES string of the molecule is COC1CCN(C(=O)CC2CC3CCC2C3)C(CN)C1. The fraction of sp³-hybridized carbons (Fsp3) is 0.938. The Morgan fingerprint density at radius 1 is 1.25 bits per heavy atom. The summed E-state index contributed by atoms with van der Waals surface area (Å²) >= 11 is 0. The highest BCUT2D eigenvalue weighted by Gasteiger charge is 2.41. The molecule has 0 aromatic rings. The molecule has 5 unspecified atom stereocenters. The van der Waals surface area contributed by atoms with Crippen LogP contribution in [-0.2, 0) is 9.53 Å². The van der Waals surface area contributed by atoms with Crippen LogP contribution in [0.2, 0.25) is 0 Å². The standard InChI is InChI=1S/C16H28N2O2/c1-20-15-4-5-18(14(9-15)10-17)16(19)8-13-7-11-2-3-12(13)6-11/h11-15H,2-10,17H2,1H3. The third-order valence-electron chi connectivity index (χ3n) is 5.91. The van der Waals surface area contributed by atoms with Crippen LogP contribution in [0, 0.1) is 17.8 Å². The number of nitrogens with zero attached hydrogens (tertiary/aromatic N) is 1. The van der Waals surface area contributed by atoms with Crippen LogP contribution in [0.25, 0.3) is 0 Å². The van der Waals surface area contributed by atoms with E-state index in [-0.39, 0.29) is 12.1 Å². The number of likely N-dealkylation sites (tertiary alicyclic amines) is 1. The Kier molecular flexibility index (Phi) is 4.32. The molecule has 1 amide bonds. The first-order chi connectivity index (χ1) is 9.71. The molecule has 20 heavy (non-hydrogen) atoms. The largest absolute Gasteiger partial charge is 0.381 e. The predicted molar refractivity (Wildman–Crippen MR) is 78.1 cm³/mol. The number of carbonyl (C=O) groups excluding carboxylic acids is 1. The minimum atomic E-state index is 0.180. The Hall–Kier alpha value is -0.610. The molecule has 2 saturated carbocycles. The van der Waals surface area contributed by atoms with Crippen molar-refractivity contribution in [1.82, 2.24) is 4.90 Å². The number of carbonyl (C=O) groups is 1. The van der Waals surface area contributed by atoms with Crippen molar-refractivity contribution in [3.8, 4) is 0 Å². The van der Waals surface area contributed by atoms with Crippen molar-refractivity contribution in [2.45, 2.75) is 57.1 Å². The summed E-state index contributed by atoms with van der Waals surface area (Å²) in [4.78, 5) is 14.7. The molecule has 1 saturated heterocycles. The summed E-state index contributed by atoms with van der Waals surface area (Å²) in [5, 5.41) is 0. The van der Waals surface area contributed by atoms with Crippen molar-refractivity contribution in [1.29, 1.82) is 0 Å². The molecule has 2 aliphatic carbocycles. The van der Waals surface area contributed by atoms with E-state index < -0.39 is 0 Å². The van der Waals surface area contributed by atoms with Crippen LogP contribution >= 0.6 is 0 Å². The summed E-state index contributed by atoms with van der Waals surface area (Å²) in [6.07, 6.45) is 8.31. The zero-order valence-electron chi connectivity index (χ0n) is 12.6. The average molecular weight is 280 g/mol. The summed E-state index contributed by atoms with van der Waals surface area (Å²) in [6, 6.07) is 0.180. The number of piperidine rings is 1. The van der Waals surface area contributed by atoms with Gasteiger partial charge >= 0.3 is 0 Å². The molecule has 0 aromatic carbocycles. The van der Waals surface area contributed by atoms with E-state index in [9.17, 15) is 4.79 Å². The van der Waals surface area contributed by atoms with Crippen molar-refractivity contribution in [2.75, 3.05) is 20.2 Å². The third-order valence-corrected chi connectivity index (χ3v) is 5.91. The molecule has 0 aromatic heterocycles. The molecular formula is C16H28N2O2. The number of nitrogens with two attached hydrogens (primary N) is 1. The minimum Gasteiger partial charge on any atom is -0.381 e. The van der Waals surface area contributed by atoms with E-state index in [0.717, 1.165) is 37.6 Å². The van der Waals surface area contributed by atoms with E-state index >= 15 is 0 Å². The molecule has 2 bridgehead atoms. The van der Waals surface area contributed by atoms with E-state index in [1.807, 2.05) is 4.90 Å². The van der Waals surface area contributed by atoms with E-state index in [2.05, 4.69) is 0 Å². The molecule has 4 nitrogen and oxygen atoms in total. The van der Waals surface area contributed by atoms with Gasteiger partial charge in [0, 0.05) is 32.7 Å². The van der Waals surface area contributed by atoms with E-state index in [1.54, 1.807) is 7.11 Å². The Morgan fingerprint density at radius 2 is 2.10 bits per heavy atom. The minimum absolute atomic E-state index is 0.180. The number of hydrogen-bond acceptors (Lipinski definition) is 3. The predicted octanol–water partition coefficient (Wildman–Crippen LogP) is 1.78. The summed E-state index contributed by atoms with van der Waals surface area (Å²) in [7, 11) is 1.75. The Morgan fingerprint density at radius 3 is 2.70 bits per heavy atom. The lowest BCUT2D eigenvalue weighted by atomic mass is 9.85. The van der Waals surface area contributed by atoms with Gasteiger partial charge in [0.2, 0.25) is 5.91 Å². The Balaban J connectivity index is 1.56. The Bertz CT molecular complexity index is 360. The Labute approximate surface area is 122 Å². The summed E-state index contributed by atoms with van der Waals surface area (Å²) in [5.74, 6) is 2.74. The van der Waals surface area contributed by atoms with Gasteiger partial charge in [0.25, 0.3) is 0 Å². The van der Waals surface area contributed by atoms with Crippen LogP contribution < -0.4 is 5.73 Å². The van der Waals surface area contributed by atoms with Gasteiger partial charge < -0.3 is 15.4 Å². The van der Waals surface area contributed by atoms with Crippen LogP contribution in [0.3, 0.4) is 0 Å². The zero-order chi connectivity index (χ0) is 14.1. The molecule has 3 aliphatic rings. The second-order valence-electron chi connectivity index (χ2n) is 7.00. The maximum absolute atomic E-state index is 12.6. The third kappa shape index (κ3) is 2.73. The second kappa shape index (κ2) is 6.02. The molecule has 2 N–H and O–H groups in total. The fourth-order valence-electron chi connectivity index (χ4n) is 4.75. The summed E-state index contributed by atoms with van der Waals surface area (Å²) < 4.78 is 5.43. The lowest BCUT2D eigenvalue weighted by Crippen LogP contribution is -2.51. The highest BCUT2D eigenvalue weighted by atomic mass is 16.5. The van der Waals surface area contributed by atoms with Crippen molar-refractivity contribution in [2.24, 2.45) is 23.5 Å². The normalized spacial score (nSPS) is 40.3. The first kappa shape index (κ1) is 14.3.